The maximum atomic E-state index is 12.3. The van der Waals surface area contributed by atoms with Crippen LogP contribution in [0.15, 0.2) is 12.7 Å². The van der Waals surface area contributed by atoms with Gasteiger partial charge in [0, 0.05) is 0 Å². The van der Waals surface area contributed by atoms with Crippen molar-refractivity contribution in [1.82, 2.24) is 0 Å². The second-order valence-corrected chi connectivity index (χ2v) is 2.95. The second kappa shape index (κ2) is 3.09. The molecule has 0 heterocycles. The Labute approximate surface area is 69.2 Å². The number of hydrogen-bond acceptors (Lipinski definition) is 1. The van der Waals surface area contributed by atoms with E-state index in [2.05, 4.69) is 6.58 Å². The Kier molecular flexibility index (Phi) is 2.46. The van der Waals surface area contributed by atoms with Gasteiger partial charge in [0.1, 0.15) is 0 Å². The highest BCUT2D eigenvalue weighted by molar-refractivity contribution is 4.97. The van der Waals surface area contributed by atoms with E-state index in [9.17, 15) is 13.2 Å². The van der Waals surface area contributed by atoms with Gasteiger partial charge in [-0.05, 0) is 19.3 Å². The molecule has 1 aliphatic rings. The predicted molar refractivity (Wildman–Crippen MR) is 38.8 cm³/mol. The van der Waals surface area contributed by atoms with Crippen molar-refractivity contribution >= 4 is 0 Å². The van der Waals surface area contributed by atoms with E-state index in [1.165, 1.54) is 6.08 Å². The molecule has 1 nitrogen and oxygen atoms in total. The van der Waals surface area contributed by atoms with Crippen LogP contribution in [-0.4, -0.2) is 18.4 Å². The molecule has 1 rings (SSSR count). The molecule has 0 aromatic carbocycles. The van der Waals surface area contributed by atoms with E-state index in [-0.39, 0.29) is 19.4 Å². The van der Waals surface area contributed by atoms with Crippen LogP contribution in [0.2, 0.25) is 0 Å². The molecule has 70 valence electrons. The van der Waals surface area contributed by atoms with Gasteiger partial charge in [-0.2, -0.15) is 13.2 Å². The van der Waals surface area contributed by atoms with Crippen molar-refractivity contribution in [1.29, 1.82) is 0 Å². The van der Waals surface area contributed by atoms with Crippen LogP contribution >= 0.6 is 0 Å². The van der Waals surface area contributed by atoms with Crippen molar-refractivity contribution in [2.75, 3.05) is 6.61 Å². The largest absolute Gasteiger partial charge is 0.417 e. The fourth-order valence-electron chi connectivity index (χ4n) is 1.23. The van der Waals surface area contributed by atoms with Gasteiger partial charge in [0.2, 0.25) is 0 Å². The van der Waals surface area contributed by atoms with E-state index in [4.69, 9.17) is 4.74 Å². The number of hydrogen-bond donors (Lipinski definition) is 0. The zero-order chi connectivity index (χ0) is 9.24. The SMILES string of the molecule is C=CCOC1(C(F)(F)F)CCC1. The van der Waals surface area contributed by atoms with Crippen molar-refractivity contribution in [3.05, 3.63) is 12.7 Å². The van der Waals surface area contributed by atoms with Gasteiger partial charge in [0.05, 0.1) is 6.61 Å². The van der Waals surface area contributed by atoms with Gasteiger partial charge in [-0.3, -0.25) is 0 Å². The Balaban J connectivity index is 2.56. The summed E-state index contributed by atoms with van der Waals surface area (Å²) in [4.78, 5) is 0. The number of ether oxygens (including phenoxy) is 1. The molecular formula is C8H11F3O. The standard InChI is InChI=1S/C8H11F3O/c1-2-6-12-7(4-3-5-7)8(9,10)11/h2H,1,3-6H2. The summed E-state index contributed by atoms with van der Waals surface area (Å²) in [7, 11) is 0. The lowest BCUT2D eigenvalue weighted by Gasteiger charge is -2.42. The van der Waals surface area contributed by atoms with Crippen LogP contribution in [0.1, 0.15) is 19.3 Å². The summed E-state index contributed by atoms with van der Waals surface area (Å²) in [5.41, 5.74) is -1.86. The molecule has 0 aliphatic heterocycles. The number of alkyl halides is 3. The molecule has 0 N–H and O–H groups in total. The summed E-state index contributed by atoms with van der Waals surface area (Å²) < 4.78 is 41.7. The van der Waals surface area contributed by atoms with Crippen molar-refractivity contribution < 1.29 is 17.9 Å². The van der Waals surface area contributed by atoms with Gasteiger partial charge in [-0.25, -0.2) is 0 Å². The van der Waals surface area contributed by atoms with Crippen molar-refractivity contribution in [2.24, 2.45) is 0 Å². The summed E-state index contributed by atoms with van der Waals surface area (Å²) in [6, 6.07) is 0. The smallest absolute Gasteiger partial charge is 0.361 e. The second-order valence-electron chi connectivity index (χ2n) is 2.95. The van der Waals surface area contributed by atoms with Crippen molar-refractivity contribution in [3.63, 3.8) is 0 Å². The van der Waals surface area contributed by atoms with Crippen LogP contribution in [0.3, 0.4) is 0 Å². The Morgan fingerprint density at radius 1 is 1.42 bits per heavy atom. The van der Waals surface area contributed by atoms with Gasteiger partial charge in [-0.1, -0.05) is 6.08 Å². The average molecular weight is 180 g/mol. The van der Waals surface area contributed by atoms with Crippen molar-refractivity contribution in [2.45, 2.75) is 31.0 Å². The monoisotopic (exact) mass is 180 g/mol. The number of rotatable bonds is 3. The van der Waals surface area contributed by atoms with Gasteiger partial charge in [0.25, 0.3) is 0 Å². The van der Waals surface area contributed by atoms with E-state index in [0.717, 1.165) is 0 Å². The molecule has 1 fully saturated rings. The van der Waals surface area contributed by atoms with Crippen LogP contribution in [-0.2, 0) is 4.74 Å². The van der Waals surface area contributed by atoms with Gasteiger partial charge in [-0.15, -0.1) is 6.58 Å². The molecule has 0 amide bonds. The fourth-order valence-corrected chi connectivity index (χ4v) is 1.23. The first-order valence-corrected chi connectivity index (χ1v) is 3.83. The quantitative estimate of drug-likeness (QED) is 0.607. The van der Waals surface area contributed by atoms with Crippen molar-refractivity contribution in [3.8, 4) is 0 Å². The molecule has 0 aromatic heterocycles. The number of halogens is 3. The van der Waals surface area contributed by atoms with Crippen LogP contribution in [0.4, 0.5) is 13.2 Å². The van der Waals surface area contributed by atoms with Gasteiger partial charge < -0.3 is 4.74 Å². The lowest BCUT2D eigenvalue weighted by atomic mass is 9.79. The maximum Gasteiger partial charge on any atom is 0.417 e. The Bertz CT molecular complexity index is 170. The van der Waals surface area contributed by atoms with E-state index < -0.39 is 11.8 Å². The third-order valence-electron chi connectivity index (χ3n) is 2.16. The molecular weight excluding hydrogens is 169 g/mol. The summed E-state index contributed by atoms with van der Waals surface area (Å²) in [6.07, 6.45) is -2.12. The average Bonchev–Trinajstić information content (AvgIpc) is 1.82. The third-order valence-corrected chi connectivity index (χ3v) is 2.16. The summed E-state index contributed by atoms with van der Waals surface area (Å²) in [6.45, 7) is 3.28. The molecule has 0 bridgehead atoms. The minimum Gasteiger partial charge on any atom is -0.361 e. The van der Waals surface area contributed by atoms with Crippen LogP contribution in [0.5, 0.6) is 0 Å². The highest BCUT2D eigenvalue weighted by atomic mass is 19.4. The molecule has 0 aromatic rings. The molecule has 0 unspecified atom stereocenters. The highest BCUT2D eigenvalue weighted by Crippen LogP contribution is 2.47. The Morgan fingerprint density at radius 2 is 2.00 bits per heavy atom. The minimum atomic E-state index is -4.23. The lowest BCUT2D eigenvalue weighted by Crippen LogP contribution is -2.53. The van der Waals surface area contributed by atoms with Gasteiger partial charge in [0.15, 0.2) is 5.60 Å². The predicted octanol–water partition coefficient (Wildman–Crippen LogP) is 2.67. The normalized spacial score (nSPS) is 21.6. The summed E-state index contributed by atoms with van der Waals surface area (Å²) in [5.74, 6) is 0. The summed E-state index contributed by atoms with van der Waals surface area (Å²) in [5, 5.41) is 0. The topological polar surface area (TPSA) is 9.23 Å². The first kappa shape index (κ1) is 9.58. The lowest BCUT2D eigenvalue weighted by molar-refractivity contribution is -0.301. The first-order chi connectivity index (χ1) is 5.52. The van der Waals surface area contributed by atoms with Gasteiger partial charge >= 0.3 is 6.18 Å². The zero-order valence-corrected chi connectivity index (χ0v) is 6.66. The van der Waals surface area contributed by atoms with Crippen LogP contribution in [0.25, 0.3) is 0 Å². The molecule has 1 saturated carbocycles. The molecule has 0 atom stereocenters. The zero-order valence-electron chi connectivity index (χ0n) is 6.66. The highest BCUT2D eigenvalue weighted by Gasteiger charge is 2.59. The molecule has 0 spiro atoms. The van der Waals surface area contributed by atoms with E-state index in [1.54, 1.807) is 0 Å². The van der Waals surface area contributed by atoms with E-state index >= 15 is 0 Å². The Hall–Kier alpha value is -0.510. The molecule has 4 heteroatoms. The van der Waals surface area contributed by atoms with Crippen LogP contribution in [0, 0.1) is 0 Å². The first-order valence-electron chi connectivity index (χ1n) is 3.83. The molecule has 0 saturated heterocycles. The fraction of sp³-hybridized carbons (Fsp3) is 0.750. The van der Waals surface area contributed by atoms with E-state index in [1.807, 2.05) is 0 Å². The minimum absolute atomic E-state index is 0.0283. The Morgan fingerprint density at radius 3 is 2.25 bits per heavy atom. The molecule has 12 heavy (non-hydrogen) atoms. The molecule has 1 aliphatic carbocycles. The third kappa shape index (κ3) is 1.48. The van der Waals surface area contributed by atoms with E-state index in [0.29, 0.717) is 6.42 Å². The maximum absolute atomic E-state index is 12.3. The van der Waals surface area contributed by atoms with Crippen LogP contribution < -0.4 is 0 Å². The molecule has 0 radical (unpaired) electrons. The summed E-state index contributed by atoms with van der Waals surface area (Å²) >= 11 is 0.